The molecule has 0 saturated heterocycles. The number of ether oxygens (including phenoxy) is 1. The molecule has 0 amide bonds. The SMILES string of the molecule is COc1cc(-c2c(N)noc2C(C)S(C)(=O)=O)ccc1C. The van der Waals surface area contributed by atoms with E-state index in [9.17, 15) is 8.42 Å². The van der Waals surface area contributed by atoms with E-state index in [1.807, 2.05) is 19.1 Å². The van der Waals surface area contributed by atoms with Gasteiger partial charge in [0.15, 0.2) is 21.4 Å². The van der Waals surface area contributed by atoms with Gasteiger partial charge >= 0.3 is 0 Å². The summed E-state index contributed by atoms with van der Waals surface area (Å²) in [4.78, 5) is 0. The fourth-order valence-electron chi connectivity index (χ4n) is 2.05. The van der Waals surface area contributed by atoms with E-state index in [0.29, 0.717) is 16.9 Å². The second kappa shape index (κ2) is 5.40. The molecule has 1 unspecified atom stereocenters. The van der Waals surface area contributed by atoms with Gasteiger partial charge in [-0.15, -0.1) is 0 Å². The van der Waals surface area contributed by atoms with Gasteiger partial charge in [0.2, 0.25) is 0 Å². The topological polar surface area (TPSA) is 95.4 Å². The first-order valence-electron chi connectivity index (χ1n) is 6.34. The van der Waals surface area contributed by atoms with Crippen molar-refractivity contribution in [3.63, 3.8) is 0 Å². The third-order valence-electron chi connectivity index (χ3n) is 3.45. The third kappa shape index (κ3) is 2.87. The van der Waals surface area contributed by atoms with Crippen LogP contribution in [-0.2, 0) is 9.84 Å². The summed E-state index contributed by atoms with van der Waals surface area (Å²) in [5.41, 5.74) is 8.01. The zero-order chi connectivity index (χ0) is 15.8. The lowest BCUT2D eigenvalue weighted by molar-refractivity contribution is 0.385. The summed E-state index contributed by atoms with van der Waals surface area (Å²) >= 11 is 0. The van der Waals surface area contributed by atoms with Gasteiger partial charge in [-0.25, -0.2) is 8.42 Å². The van der Waals surface area contributed by atoms with Gasteiger partial charge in [0.25, 0.3) is 0 Å². The predicted molar refractivity (Wildman–Crippen MR) is 80.9 cm³/mol. The quantitative estimate of drug-likeness (QED) is 0.931. The molecule has 0 radical (unpaired) electrons. The maximum absolute atomic E-state index is 11.7. The van der Waals surface area contributed by atoms with Gasteiger partial charge in [-0.05, 0) is 31.0 Å². The highest BCUT2D eigenvalue weighted by atomic mass is 32.2. The Labute approximate surface area is 123 Å². The second-order valence-corrected chi connectivity index (χ2v) is 7.33. The zero-order valence-electron chi connectivity index (χ0n) is 12.4. The molecule has 2 rings (SSSR count). The lowest BCUT2D eigenvalue weighted by atomic mass is 10.0. The highest BCUT2D eigenvalue weighted by Crippen LogP contribution is 2.37. The normalized spacial score (nSPS) is 13.1. The molecule has 0 spiro atoms. The Morgan fingerprint density at radius 1 is 1.38 bits per heavy atom. The lowest BCUT2D eigenvalue weighted by Gasteiger charge is -2.10. The molecular formula is C14H18N2O4S. The first-order valence-corrected chi connectivity index (χ1v) is 8.30. The molecule has 1 aromatic carbocycles. The predicted octanol–water partition coefficient (Wildman–Crippen LogP) is 2.35. The average molecular weight is 310 g/mol. The number of nitrogen functional groups attached to an aromatic ring is 1. The standard InChI is InChI=1S/C14H18N2O4S/c1-8-5-6-10(7-11(8)19-3)12-13(20-16-14(12)15)9(2)21(4,17)18/h5-7,9H,1-4H3,(H2,15,16). The molecular weight excluding hydrogens is 292 g/mol. The Hall–Kier alpha value is -2.02. The summed E-state index contributed by atoms with van der Waals surface area (Å²) in [5.74, 6) is 1.08. The van der Waals surface area contributed by atoms with Gasteiger partial charge in [-0.1, -0.05) is 17.3 Å². The van der Waals surface area contributed by atoms with Gasteiger partial charge in [0.05, 0.1) is 12.7 Å². The maximum Gasteiger partial charge on any atom is 0.175 e. The van der Waals surface area contributed by atoms with E-state index < -0.39 is 15.1 Å². The molecule has 2 aromatic rings. The van der Waals surface area contributed by atoms with E-state index in [0.717, 1.165) is 11.8 Å². The summed E-state index contributed by atoms with van der Waals surface area (Å²) in [6.07, 6.45) is 1.15. The number of anilines is 1. The van der Waals surface area contributed by atoms with E-state index in [-0.39, 0.29) is 11.6 Å². The summed E-state index contributed by atoms with van der Waals surface area (Å²) in [7, 11) is -1.74. The number of aryl methyl sites for hydroxylation is 1. The lowest BCUT2D eigenvalue weighted by Crippen LogP contribution is -2.08. The smallest absolute Gasteiger partial charge is 0.175 e. The van der Waals surface area contributed by atoms with Crippen LogP contribution in [0.25, 0.3) is 11.1 Å². The Balaban J connectivity index is 2.62. The number of methoxy groups -OCH3 is 1. The van der Waals surface area contributed by atoms with Gasteiger partial charge < -0.3 is 15.0 Å². The van der Waals surface area contributed by atoms with Gasteiger partial charge in [0, 0.05) is 6.26 Å². The van der Waals surface area contributed by atoms with Crippen molar-refractivity contribution in [3.05, 3.63) is 29.5 Å². The molecule has 0 bridgehead atoms. The minimum atomic E-state index is -3.32. The molecule has 0 aliphatic heterocycles. The van der Waals surface area contributed by atoms with Crippen LogP contribution in [0.5, 0.6) is 5.75 Å². The molecule has 0 aliphatic carbocycles. The van der Waals surface area contributed by atoms with Crippen molar-refractivity contribution in [1.82, 2.24) is 5.16 Å². The number of aromatic nitrogens is 1. The highest BCUT2D eigenvalue weighted by Gasteiger charge is 2.28. The fourth-order valence-corrected chi connectivity index (χ4v) is 2.60. The van der Waals surface area contributed by atoms with Crippen molar-refractivity contribution < 1.29 is 17.7 Å². The largest absolute Gasteiger partial charge is 0.496 e. The highest BCUT2D eigenvalue weighted by molar-refractivity contribution is 7.90. The number of nitrogens with zero attached hydrogens (tertiary/aromatic N) is 1. The van der Waals surface area contributed by atoms with Gasteiger partial charge in [-0.3, -0.25) is 0 Å². The maximum atomic E-state index is 11.7. The van der Waals surface area contributed by atoms with E-state index in [1.165, 1.54) is 0 Å². The number of nitrogens with two attached hydrogens (primary N) is 1. The van der Waals surface area contributed by atoms with Crippen molar-refractivity contribution in [1.29, 1.82) is 0 Å². The number of benzene rings is 1. The molecule has 21 heavy (non-hydrogen) atoms. The van der Waals surface area contributed by atoms with Gasteiger partial charge in [-0.2, -0.15) is 0 Å². The summed E-state index contributed by atoms with van der Waals surface area (Å²) < 4.78 is 33.9. The van der Waals surface area contributed by atoms with Crippen LogP contribution in [0.1, 0.15) is 23.5 Å². The molecule has 6 nitrogen and oxygen atoms in total. The molecule has 0 fully saturated rings. The van der Waals surface area contributed by atoms with Crippen LogP contribution >= 0.6 is 0 Å². The van der Waals surface area contributed by atoms with Crippen LogP contribution in [0.15, 0.2) is 22.7 Å². The van der Waals surface area contributed by atoms with Crippen LogP contribution in [0, 0.1) is 6.92 Å². The molecule has 1 aromatic heterocycles. The molecule has 1 atom stereocenters. The van der Waals surface area contributed by atoms with Crippen LogP contribution in [0.2, 0.25) is 0 Å². The molecule has 0 aliphatic rings. The molecule has 7 heteroatoms. The van der Waals surface area contributed by atoms with Crippen LogP contribution in [-0.4, -0.2) is 26.9 Å². The minimum absolute atomic E-state index is 0.159. The van der Waals surface area contributed by atoms with E-state index >= 15 is 0 Å². The van der Waals surface area contributed by atoms with Crippen LogP contribution < -0.4 is 10.5 Å². The van der Waals surface area contributed by atoms with Crippen molar-refractivity contribution in [2.75, 3.05) is 19.1 Å². The molecule has 0 saturated carbocycles. The Morgan fingerprint density at radius 2 is 2.05 bits per heavy atom. The Bertz CT molecular complexity index is 765. The Kier molecular flexibility index (Phi) is 3.95. The summed E-state index contributed by atoms with van der Waals surface area (Å²) in [6, 6.07) is 5.49. The summed E-state index contributed by atoms with van der Waals surface area (Å²) in [5, 5.41) is 2.87. The number of sulfone groups is 1. The van der Waals surface area contributed by atoms with Crippen molar-refractivity contribution in [3.8, 4) is 16.9 Å². The van der Waals surface area contributed by atoms with Crippen molar-refractivity contribution in [2.45, 2.75) is 19.1 Å². The average Bonchev–Trinajstić information content (AvgIpc) is 2.79. The molecule has 114 valence electrons. The number of hydrogen-bond acceptors (Lipinski definition) is 6. The van der Waals surface area contributed by atoms with E-state index in [1.54, 1.807) is 20.1 Å². The Morgan fingerprint density at radius 3 is 2.62 bits per heavy atom. The second-order valence-electron chi connectivity index (χ2n) is 4.96. The summed E-state index contributed by atoms with van der Waals surface area (Å²) in [6.45, 7) is 3.46. The minimum Gasteiger partial charge on any atom is -0.496 e. The fraction of sp³-hybridized carbons (Fsp3) is 0.357. The number of rotatable bonds is 4. The van der Waals surface area contributed by atoms with Crippen molar-refractivity contribution >= 4 is 15.7 Å². The first-order chi connectivity index (χ1) is 9.75. The van der Waals surface area contributed by atoms with E-state index in [2.05, 4.69) is 5.16 Å². The first kappa shape index (κ1) is 15.4. The number of hydrogen-bond donors (Lipinski definition) is 1. The monoisotopic (exact) mass is 310 g/mol. The molecule has 2 N–H and O–H groups in total. The zero-order valence-corrected chi connectivity index (χ0v) is 13.2. The van der Waals surface area contributed by atoms with Crippen LogP contribution in [0.3, 0.4) is 0 Å². The van der Waals surface area contributed by atoms with E-state index in [4.69, 9.17) is 15.0 Å². The third-order valence-corrected chi connectivity index (χ3v) is 4.95. The molecule has 1 heterocycles. The van der Waals surface area contributed by atoms with Crippen molar-refractivity contribution in [2.24, 2.45) is 0 Å². The van der Waals surface area contributed by atoms with Gasteiger partial charge in [0.1, 0.15) is 11.0 Å². The van der Waals surface area contributed by atoms with Crippen LogP contribution in [0.4, 0.5) is 5.82 Å².